The third kappa shape index (κ3) is 8.40. The largest absolute Gasteiger partial charge is 0.490 e. The number of nitrogens with one attached hydrogen (secondary N) is 2. The van der Waals surface area contributed by atoms with Crippen LogP contribution in [0.1, 0.15) is 42.3 Å². The molecule has 2 N–H and O–H groups in total. The van der Waals surface area contributed by atoms with Crippen LogP contribution in [0, 0.1) is 12.8 Å². The van der Waals surface area contributed by atoms with Crippen LogP contribution in [0.15, 0.2) is 46.0 Å². The van der Waals surface area contributed by atoms with Crippen LogP contribution < -0.4 is 20.2 Å². The lowest BCUT2D eigenvalue weighted by molar-refractivity contribution is -0.143. The molecule has 2 amide bonds. The van der Waals surface area contributed by atoms with E-state index in [9.17, 15) is 14.4 Å². The molecule has 1 unspecified atom stereocenters. The van der Waals surface area contributed by atoms with Crippen LogP contribution in [-0.2, 0) is 14.3 Å². The van der Waals surface area contributed by atoms with Crippen LogP contribution in [0.25, 0.3) is 0 Å². The number of ether oxygens (including phenoxy) is 3. The molecule has 9 nitrogen and oxygen atoms in total. The Morgan fingerprint density at radius 1 is 1.11 bits per heavy atom. The summed E-state index contributed by atoms with van der Waals surface area (Å²) in [5.41, 5.74) is 4.60. The smallest absolute Gasteiger partial charge is 0.343 e. The van der Waals surface area contributed by atoms with E-state index in [1.165, 1.54) is 13.3 Å². The lowest BCUT2D eigenvalue weighted by atomic mass is 10.0. The quantitative estimate of drug-likeness (QED) is 0.252. The molecule has 188 valence electrons. The van der Waals surface area contributed by atoms with E-state index in [1.807, 2.05) is 39.8 Å². The van der Waals surface area contributed by atoms with E-state index in [2.05, 4.69) is 36.5 Å². The van der Waals surface area contributed by atoms with Gasteiger partial charge in [0.05, 0.1) is 24.4 Å². The fourth-order valence-electron chi connectivity index (χ4n) is 2.96. The minimum Gasteiger partial charge on any atom is -0.490 e. The summed E-state index contributed by atoms with van der Waals surface area (Å²) in [6.45, 7) is 7.52. The van der Waals surface area contributed by atoms with E-state index in [-0.39, 0.29) is 18.4 Å². The number of amides is 2. The van der Waals surface area contributed by atoms with Crippen molar-refractivity contribution in [3.63, 3.8) is 0 Å². The number of nitrogens with zero attached hydrogens (tertiary/aromatic N) is 1. The number of hydrazone groups is 1. The van der Waals surface area contributed by atoms with Gasteiger partial charge in [-0.2, -0.15) is 5.10 Å². The minimum absolute atomic E-state index is 0.162. The Balaban J connectivity index is 2.10. The van der Waals surface area contributed by atoms with Crippen molar-refractivity contribution in [2.24, 2.45) is 11.0 Å². The van der Waals surface area contributed by atoms with Crippen molar-refractivity contribution >= 4 is 39.9 Å². The van der Waals surface area contributed by atoms with Crippen molar-refractivity contribution < 1.29 is 28.6 Å². The lowest BCUT2D eigenvalue weighted by Gasteiger charge is -2.20. The Kier molecular flexibility index (Phi) is 10.7. The summed E-state index contributed by atoms with van der Waals surface area (Å²) in [6, 6.07) is 9.68. The molecule has 2 aromatic carbocycles. The first-order valence-corrected chi connectivity index (χ1v) is 11.8. The number of esters is 1. The predicted octanol–water partition coefficient (Wildman–Crippen LogP) is 3.61. The maximum Gasteiger partial charge on any atom is 0.343 e. The summed E-state index contributed by atoms with van der Waals surface area (Å²) in [6.07, 6.45) is 1.44. The van der Waals surface area contributed by atoms with Crippen LogP contribution in [-0.4, -0.2) is 50.4 Å². The van der Waals surface area contributed by atoms with Gasteiger partial charge in [-0.3, -0.25) is 9.59 Å². The number of aryl methyl sites for hydroxylation is 1. The Labute approximate surface area is 213 Å². The summed E-state index contributed by atoms with van der Waals surface area (Å²) < 4.78 is 16.2. The van der Waals surface area contributed by atoms with Gasteiger partial charge in [-0.05, 0) is 65.5 Å². The second-order valence-electron chi connectivity index (χ2n) is 7.92. The Hall–Kier alpha value is -3.40. The van der Waals surface area contributed by atoms with Gasteiger partial charge in [-0.15, -0.1) is 0 Å². The molecule has 35 heavy (non-hydrogen) atoms. The minimum atomic E-state index is -0.777. The van der Waals surface area contributed by atoms with Crippen LogP contribution in [0.4, 0.5) is 0 Å². The Bertz CT molecular complexity index is 1070. The fourth-order valence-corrected chi connectivity index (χ4v) is 3.53. The van der Waals surface area contributed by atoms with Crippen LogP contribution in [0.5, 0.6) is 11.5 Å². The second-order valence-corrected chi connectivity index (χ2v) is 8.78. The molecule has 0 radical (unpaired) electrons. The highest BCUT2D eigenvalue weighted by atomic mass is 79.9. The van der Waals surface area contributed by atoms with Crippen molar-refractivity contribution in [3.05, 3.63) is 57.6 Å². The Morgan fingerprint density at radius 3 is 2.40 bits per heavy atom. The zero-order valence-electron chi connectivity index (χ0n) is 20.4. The molecular weight excluding hydrogens is 518 g/mol. The predicted molar refractivity (Wildman–Crippen MR) is 136 cm³/mol. The molecule has 0 saturated carbocycles. The van der Waals surface area contributed by atoms with Gasteiger partial charge in [-0.1, -0.05) is 31.5 Å². The number of hydrogen-bond donors (Lipinski definition) is 2. The average Bonchev–Trinajstić information content (AvgIpc) is 2.82. The van der Waals surface area contributed by atoms with Crippen LogP contribution in [0.3, 0.4) is 0 Å². The van der Waals surface area contributed by atoms with Gasteiger partial charge >= 0.3 is 5.97 Å². The molecule has 0 saturated heterocycles. The summed E-state index contributed by atoms with van der Waals surface area (Å²) in [5, 5.41) is 6.79. The molecule has 0 aliphatic heterocycles. The van der Waals surface area contributed by atoms with Gasteiger partial charge in [-0.25, -0.2) is 10.2 Å². The summed E-state index contributed by atoms with van der Waals surface area (Å²) in [4.78, 5) is 36.7. The monoisotopic (exact) mass is 547 g/mol. The summed E-state index contributed by atoms with van der Waals surface area (Å²) in [7, 11) is 1.27. The highest BCUT2D eigenvalue weighted by Crippen LogP contribution is 2.36. The normalized spacial score (nSPS) is 11.7. The molecule has 0 heterocycles. The van der Waals surface area contributed by atoms with Gasteiger partial charge in [0, 0.05) is 5.56 Å². The first-order valence-electron chi connectivity index (χ1n) is 11.0. The SMILES string of the molecule is CCOc1cc(C=NNC(=O)C(NC(=O)c2ccc(C)cc2)C(C)C)cc(Br)c1OCC(=O)OC. The standard InChI is InChI=1S/C25H30BrN3O6/c1-6-34-20-12-17(11-19(26)23(20)35-14-21(30)33-5)13-27-29-25(32)22(15(2)3)28-24(31)18-9-7-16(4)8-10-18/h7-13,15,22H,6,14H2,1-5H3,(H,28,31)(H,29,32). The molecule has 0 spiro atoms. The van der Waals surface area contributed by atoms with E-state index in [0.29, 0.717) is 33.7 Å². The highest BCUT2D eigenvalue weighted by molar-refractivity contribution is 9.10. The van der Waals surface area contributed by atoms with Gasteiger partial charge in [0.1, 0.15) is 6.04 Å². The Morgan fingerprint density at radius 2 is 1.80 bits per heavy atom. The molecule has 0 aliphatic rings. The zero-order chi connectivity index (χ0) is 26.0. The third-order valence-electron chi connectivity index (χ3n) is 4.83. The van der Waals surface area contributed by atoms with E-state index in [1.54, 1.807) is 24.3 Å². The number of halogens is 1. The summed E-state index contributed by atoms with van der Waals surface area (Å²) >= 11 is 3.40. The average molecular weight is 548 g/mol. The number of carbonyl (C=O) groups is 3. The fraction of sp³-hybridized carbons (Fsp3) is 0.360. The van der Waals surface area contributed by atoms with Crippen molar-refractivity contribution in [2.45, 2.75) is 33.7 Å². The van der Waals surface area contributed by atoms with Gasteiger partial charge in [0.2, 0.25) is 0 Å². The van der Waals surface area contributed by atoms with Crippen molar-refractivity contribution in [3.8, 4) is 11.5 Å². The van der Waals surface area contributed by atoms with E-state index in [0.717, 1.165) is 5.56 Å². The third-order valence-corrected chi connectivity index (χ3v) is 5.42. The number of methoxy groups -OCH3 is 1. The second kappa shape index (κ2) is 13.5. The number of hydrogen-bond acceptors (Lipinski definition) is 7. The van der Waals surface area contributed by atoms with Gasteiger partial charge in [0.25, 0.3) is 11.8 Å². The molecule has 2 aromatic rings. The highest BCUT2D eigenvalue weighted by Gasteiger charge is 2.24. The maximum atomic E-state index is 12.7. The van der Waals surface area contributed by atoms with E-state index < -0.39 is 17.9 Å². The molecule has 10 heteroatoms. The van der Waals surface area contributed by atoms with Gasteiger partial charge in [0.15, 0.2) is 18.1 Å². The number of benzene rings is 2. The number of carbonyl (C=O) groups excluding carboxylic acids is 3. The van der Waals surface area contributed by atoms with Crippen molar-refractivity contribution in [2.75, 3.05) is 20.3 Å². The topological polar surface area (TPSA) is 115 Å². The van der Waals surface area contributed by atoms with Crippen LogP contribution >= 0.6 is 15.9 Å². The molecule has 0 bridgehead atoms. The molecule has 1 atom stereocenters. The van der Waals surface area contributed by atoms with E-state index >= 15 is 0 Å². The van der Waals surface area contributed by atoms with Crippen molar-refractivity contribution in [1.82, 2.24) is 10.7 Å². The molecule has 0 fully saturated rings. The molecular formula is C25H30BrN3O6. The van der Waals surface area contributed by atoms with Crippen LogP contribution in [0.2, 0.25) is 0 Å². The molecule has 0 aromatic heterocycles. The summed E-state index contributed by atoms with van der Waals surface area (Å²) in [5.74, 6) is -0.734. The first kappa shape index (κ1) is 27.8. The molecule has 0 aliphatic carbocycles. The number of rotatable bonds is 11. The molecule has 2 rings (SSSR count). The van der Waals surface area contributed by atoms with E-state index in [4.69, 9.17) is 9.47 Å². The maximum absolute atomic E-state index is 12.7. The van der Waals surface area contributed by atoms with Gasteiger partial charge < -0.3 is 19.5 Å². The zero-order valence-corrected chi connectivity index (χ0v) is 22.0. The van der Waals surface area contributed by atoms with Crippen molar-refractivity contribution in [1.29, 1.82) is 0 Å². The lowest BCUT2D eigenvalue weighted by Crippen LogP contribution is -2.48. The first-order chi connectivity index (χ1) is 16.7.